The van der Waals surface area contributed by atoms with Crippen molar-refractivity contribution in [1.29, 1.82) is 0 Å². The van der Waals surface area contributed by atoms with E-state index in [1.807, 2.05) is 11.4 Å². The molecule has 0 aliphatic heterocycles. The summed E-state index contributed by atoms with van der Waals surface area (Å²) in [5.41, 5.74) is 0.443. The minimum atomic E-state index is -0.589. The molecule has 0 unspecified atom stereocenters. The third kappa shape index (κ3) is 3.10. The first kappa shape index (κ1) is 14.0. The van der Waals surface area contributed by atoms with Gasteiger partial charge in [-0.25, -0.2) is 4.39 Å². The summed E-state index contributed by atoms with van der Waals surface area (Å²) in [6.45, 7) is 2.02. The number of benzene rings is 1. The van der Waals surface area contributed by atoms with Gasteiger partial charge in [-0.05, 0) is 45.9 Å². The number of anilines is 1. The Morgan fingerprint density at radius 3 is 2.84 bits per heavy atom. The Balaban J connectivity index is 2.26. The number of thiophene rings is 1. The number of nitro benzene ring substituents is 1. The van der Waals surface area contributed by atoms with Gasteiger partial charge in [0.05, 0.1) is 17.5 Å². The highest BCUT2D eigenvalue weighted by Crippen LogP contribution is 2.29. The van der Waals surface area contributed by atoms with Gasteiger partial charge in [-0.3, -0.25) is 10.1 Å². The molecular weight excluding hydrogens is 335 g/mol. The largest absolute Gasteiger partial charge is 0.375 e. The van der Waals surface area contributed by atoms with E-state index in [0.29, 0.717) is 17.8 Å². The van der Waals surface area contributed by atoms with E-state index in [2.05, 4.69) is 21.2 Å². The number of nitrogens with one attached hydrogen (secondary N) is 1. The predicted molar refractivity (Wildman–Crippen MR) is 77.1 cm³/mol. The molecule has 1 aromatic heterocycles. The van der Waals surface area contributed by atoms with Crippen molar-refractivity contribution in [2.75, 3.05) is 5.32 Å². The average Bonchev–Trinajstić information content (AvgIpc) is 2.75. The number of nitrogens with zero attached hydrogens (tertiary/aromatic N) is 1. The molecule has 1 N–H and O–H groups in total. The molecule has 0 amide bonds. The van der Waals surface area contributed by atoms with Crippen molar-refractivity contribution in [2.45, 2.75) is 13.5 Å². The van der Waals surface area contributed by atoms with Crippen LogP contribution in [0.4, 0.5) is 15.8 Å². The van der Waals surface area contributed by atoms with E-state index >= 15 is 0 Å². The molecule has 100 valence electrons. The summed E-state index contributed by atoms with van der Waals surface area (Å²) in [5.74, 6) is -0.574. The van der Waals surface area contributed by atoms with E-state index < -0.39 is 10.7 Å². The molecule has 0 aliphatic rings. The molecule has 4 nitrogen and oxygen atoms in total. The molecular formula is C12H10BrFN2O2S. The van der Waals surface area contributed by atoms with Gasteiger partial charge in [-0.15, -0.1) is 11.3 Å². The number of aryl methyl sites for hydroxylation is 1. The molecule has 0 saturated carbocycles. The minimum absolute atomic E-state index is 0.254. The van der Waals surface area contributed by atoms with E-state index in [1.54, 1.807) is 6.92 Å². The second-order valence-electron chi connectivity index (χ2n) is 3.92. The van der Waals surface area contributed by atoms with Crippen LogP contribution in [-0.4, -0.2) is 4.92 Å². The molecule has 0 radical (unpaired) electrons. The summed E-state index contributed by atoms with van der Waals surface area (Å²) in [6, 6.07) is 4.31. The summed E-state index contributed by atoms with van der Waals surface area (Å²) in [6.07, 6.45) is 0. The zero-order chi connectivity index (χ0) is 14.0. The Bertz CT molecular complexity index is 630. The van der Waals surface area contributed by atoms with Crippen molar-refractivity contribution in [3.8, 4) is 0 Å². The third-order valence-electron chi connectivity index (χ3n) is 2.60. The molecule has 1 heterocycles. The molecule has 0 atom stereocenters. The van der Waals surface area contributed by atoms with Crippen LogP contribution in [0.5, 0.6) is 0 Å². The van der Waals surface area contributed by atoms with E-state index in [1.165, 1.54) is 17.4 Å². The van der Waals surface area contributed by atoms with Gasteiger partial charge in [-0.2, -0.15) is 0 Å². The summed E-state index contributed by atoms with van der Waals surface area (Å²) < 4.78 is 14.3. The van der Waals surface area contributed by atoms with Crippen LogP contribution in [0.3, 0.4) is 0 Å². The van der Waals surface area contributed by atoms with Crippen LogP contribution in [0, 0.1) is 22.9 Å². The summed E-state index contributed by atoms with van der Waals surface area (Å²) in [7, 11) is 0. The summed E-state index contributed by atoms with van der Waals surface area (Å²) in [5, 5.41) is 15.8. The number of hydrogen-bond acceptors (Lipinski definition) is 4. The van der Waals surface area contributed by atoms with Gasteiger partial charge in [-0.1, -0.05) is 0 Å². The summed E-state index contributed by atoms with van der Waals surface area (Å²) in [4.78, 5) is 11.3. The first-order valence-corrected chi connectivity index (χ1v) is 7.06. The van der Waals surface area contributed by atoms with Crippen LogP contribution in [-0.2, 0) is 6.54 Å². The molecule has 1 aromatic carbocycles. The normalized spacial score (nSPS) is 10.5. The van der Waals surface area contributed by atoms with Crippen LogP contribution in [0.1, 0.15) is 10.4 Å². The summed E-state index contributed by atoms with van der Waals surface area (Å²) >= 11 is 4.93. The highest BCUT2D eigenvalue weighted by Gasteiger charge is 2.17. The zero-order valence-electron chi connectivity index (χ0n) is 9.94. The lowest BCUT2D eigenvalue weighted by atomic mass is 10.2. The predicted octanol–water partition coefficient (Wildman–Crippen LogP) is 4.48. The number of nitro groups is 1. The molecule has 2 rings (SSSR count). The lowest BCUT2D eigenvalue weighted by molar-refractivity contribution is -0.384. The second kappa shape index (κ2) is 5.66. The minimum Gasteiger partial charge on any atom is -0.375 e. The van der Waals surface area contributed by atoms with E-state index in [4.69, 9.17) is 0 Å². The maximum Gasteiger partial charge on any atom is 0.295 e. The Morgan fingerprint density at radius 1 is 1.53 bits per heavy atom. The Labute approximate surface area is 121 Å². The fraction of sp³-hybridized carbons (Fsp3) is 0.167. The topological polar surface area (TPSA) is 55.2 Å². The molecule has 0 aliphatic carbocycles. The SMILES string of the molecule is Cc1cc(NCc2sccc2Br)c([N+](=O)[O-])cc1F. The highest BCUT2D eigenvalue weighted by molar-refractivity contribution is 9.10. The number of hydrogen-bond donors (Lipinski definition) is 1. The van der Waals surface area contributed by atoms with Crippen LogP contribution in [0.2, 0.25) is 0 Å². The average molecular weight is 345 g/mol. The molecule has 2 aromatic rings. The van der Waals surface area contributed by atoms with Crippen molar-refractivity contribution >= 4 is 38.6 Å². The first-order chi connectivity index (χ1) is 8.99. The van der Waals surface area contributed by atoms with Crippen LogP contribution in [0.25, 0.3) is 0 Å². The number of rotatable bonds is 4. The monoisotopic (exact) mass is 344 g/mol. The van der Waals surface area contributed by atoms with E-state index in [9.17, 15) is 14.5 Å². The van der Waals surface area contributed by atoms with Crippen molar-refractivity contribution in [1.82, 2.24) is 0 Å². The van der Waals surface area contributed by atoms with Gasteiger partial charge in [0.15, 0.2) is 0 Å². The fourth-order valence-corrected chi connectivity index (χ4v) is 3.02. The van der Waals surface area contributed by atoms with Crippen LogP contribution in [0.15, 0.2) is 28.1 Å². The Morgan fingerprint density at radius 2 is 2.26 bits per heavy atom. The Kier molecular flexibility index (Phi) is 4.16. The standard InChI is InChI=1S/C12H10BrFN2O2S/c1-7-4-10(11(16(17)18)5-9(7)14)15-6-12-8(13)2-3-19-12/h2-5,15H,6H2,1H3. The quantitative estimate of drug-likeness (QED) is 0.657. The number of halogens is 2. The van der Waals surface area contributed by atoms with Gasteiger partial charge in [0.25, 0.3) is 5.69 Å². The smallest absolute Gasteiger partial charge is 0.295 e. The molecule has 0 fully saturated rings. The van der Waals surface area contributed by atoms with E-state index in [0.717, 1.165) is 15.4 Å². The first-order valence-electron chi connectivity index (χ1n) is 5.39. The van der Waals surface area contributed by atoms with Crippen molar-refractivity contribution < 1.29 is 9.31 Å². The van der Waals surface area contributed by atoms with Gasteiger partial charge in [0, 0.05) is 9.35 Å². The maximum absolute atomic E-state index is 13.4. The molecule has 0 spiro atoms. The van der Waals surface area contributed by atoms with Gasteiger partial charge >= 0.3 is 0 Å². The molecule has 7 heteroatoms. The van der Waals surface area contributed by atoms with E-state index in [-0.39, 0.29) is 5.69 Å². The lowest BCUT2D eigenvalue weighted by Crippen LogP contribution is -2.03. The lowest BCUT2D eigenvalue weighted by Gasteiger charge is -2.08. The zero-order valence-corrected chi connectivity index (χ0v) is 12.3. The van der Waals surface area contributed by atoms with Crippen LogP contribution < -0.4 is 5.32 Å². The van der Waals surface area contributed by atoms with Crippen molar-refractivity contribution in [3.63, 3.8) is 0 Å². The maximum atomic E-state index is 13.4. The van der Waals surface area contributed by atoms with Gasteiger partial charge in [0.1, 0.15) is 11.5 Å². The van der Waals surface area contributed by atoms with Crippen molar-refractivity contribution in [2.24, 2.45) is 0 Å². The molecule has 0 saturated heterocycles. The van der Waals surface area contributed by atoms with Gasteiger partial charge in [0.2, 0.25) is 0 Å². The second-order valence-corrected chi connectivity index (χ2v) is 5.78. The third-order valence-corrected chi connectivity index (χ3v) is 4.53. The van der Waals surface area contributed by atoms with Crippen molar-refractivity contribution in [3.05, 3.63) is 54.4 Å². The highest BCUT2D eigenvalue weighted by atomic mass is 79.9. The molecule has 19 heavy (non-hydrogen) atoms. The molecule has 0 bridgehead atoms. The fourth-order valence-electron chi connectivity index (χ4n) is 1.59. The Hall–Kier alpha value is -1.47. The van der Waals surface area contributed by atoms with Crippen LogP contribution >= 0.6 is 27.3 Å². The van der Waals surface area contributed by atoms with Gasteiger partial charge < -0.3 is 5.32 Å².